The Bertz CT molecular complexity index is 1280. The molecule has 33 heavy (non-hydrogen) atoms. The van der Waals surface area contributed by atoms with Crippen molar-refractivity contribution in [1.29, 1.82) is 0 Å². The third-order valence-electron chi connectivity index (χ3n) is 5.91. The number of phenols is 2. The van der Waals surface area contributed by atoms with Crippen molar-refractivity contribution in [2.75, 3.05) is 6.54 Å². The van der Waals surface area contributed by atoms with E-state index < -0.39 is 6.04 Å². The van der Waals surface area contributed by atoms with Crippen molar-refractivity contribution in [3.63, 3.8) is 0 Å². The lowest BCUT2D eigenvalue weighted by atomic mass is 10.0. The van der Waals surface area contributed by atoms with E-state index in [-0.39, 0.29) is 17.4 Å². The monoisotopic (exact) mass is 437 g/mol. The summed E-state index contributed by atoms with van der Waals surface area (Å²) in [7, 11) is 0. The van der Waals surface area contributed by atoms with E-state index >= 15 is 0 Å². The van der Waals surface area contributed by atoms with E-state index in [4.69, 9.17) is 4.99 Å². The molecular formula is C27H23N3O3. The topological polar surface area (TPSA) is 85.2 Å². The molecule has 0 aliphatic carbocycles. The van der Waals surface area contributed by atoms with Crippen molar-refractivity contribution in [3.8, 4) is 11.5 Å². The van der Waals surface area contributed by atoms with Crippen LogP contribution in [0.25, 0.3) is 5.57 Å². The molecule has 1 saturated heterocycles. The van der Waals surface area contributed by atoms with Gasteiger partial charge in [0.25, 0.3) is 5.91 Å². The summed E-state index contributed by atoms with van der Waals surface area (Å²) >= 11 is 0. The molecule has 0 spiro atoms. The molecule has 0 saturated carbocycles. The van der Waals surface area contributed by atoms with Crippen molar-refractivity contribution in [3.05, 3.63) is 114 Å². The number of carbonyl (C=O) groups excluding carboxylic acids is 1. The Morgan fingerprint density at radius 2 is 1.61 bits per heavy atom. The molecule has 0 aromatic heterocycles. The second-order valence-corrected chi connectivity index (χ2v) is 8.14. The maximum Gasteiger partial charge on any atom is 0.251 e. The Hall–Kier alpha value is -4.32. The molecule has 3 aromatic carbocycles. The number of hydrogen-bond donors (Lipinski definition) is 3. The van der Waals surface area contributed by atoms with E-state index in [2.05, 4.69) is 11.9 Å². The molecule has 1 fully saturated rings. The lowest BCUT2D eigenvalue weighted by Crippen LogP contribution is -2.36. The molecule has 0 bridgehead atoms. The minimum atomic E-state index is -0.447. The lowest BCUT2D eigenvalue weighted by molar-refractivity contribution is -0.127. The summed E-state index contributed by atoms with van der Waals surface area (Å²) in [6.45, 7) is 4.61. The van der Waals surface area contributed by atoms with Crippen LogP contribution in [0.15, 0.2) is 102 Å². The third-order valence-corrected chi connectivity index (χ3v) is 5.91. The van der Waals surface area contributed by atoms with Crippen LogP contribution in [0.2, 0.25) is 0 Å². The molecular weight excluding hydrogens is 414 g/mol. The maximum atomic E-state index is 13.4. The first-order valence-corrected chi connectivity index (χ1v) is 10.7. The minimum absolute atomic E-state index is 0.0392. The van der Waals surface area contributed by atoms with E-state index in [9.17, 15) is 15.0 Å². The van der Waals surface area contributed by atoms with Gasteiger partial charge in [-0.1, -0.05) is 49.0 Å². The average Bonchev–Trinajstić information content (AvgIpc) is 3.15. The number of nitrogens with zero attached hydrogens (tertiary/aromatic N) is 2. The fourth-order valence-electron chi connectivity index (χ4n) is 4.13. The van der Waals surface area contributed by atoms with E-state index in [1.807, 2.05) is 42.5 Å². The molecule has 2 heterocycles. The predicted octanol–water partition coefficient (Wildman–Crippen LogP) is 3.83. The summed E-state index contributed by atoms with van der Waals surface area (Å²) in [5.74, 6) is 0.980. The number of allylic oxidation sites excluding steroid dienone is 1. The summed E-state index contributed by atoms with van der Waals surface area (Å²) in [6.07, 6.45) is 0.485. The predicted molar refractivity (Wildman–Crippen MR) is 128 cm³/mol. The van der Waals surface area contributed by atoms with Crippen molar-refractivity contribution >= 4 is 17.2 Å². The summed E-state index contributed by atoms with van der Waals surface area (Å²) in [4.78, 5) is 20.0. The molecule has 1 unspecified atom stereocenters. The number of fused-ring (bicyclic) bond motifs is 1. The van der Waals surface area contributed by atoms with E-state index in [0.29, 0.717) is 24.5 Å². The molecule has 6 heteroatoms. The first kappa shape index (κ1) is 20.6. The summed E-state index contributed by atoms with van der Waals surface area (Å²) in [6, 6.07) is 23.0. The van der Waals surface area contributed by atoms with Gasteiger partial charge in [0, 0.05) is 12.0 Å². The lowest BCUT2D eigenvalue weighted by Gasteiger charge is -2.26. The van der Waals surface area contributed by atoms with Crippen LogP contribution in [-0.4, -0.2) is 39.3 Å². The Morgan fingerprint density at radius 1 is 0.970 bits per heavy atom. The molecule has 1 atom stereocenters. The standard InChI is InChI=1S/C27H23N3O3/c1-17(19-5-3-2-4-6-19)25-26-29-23(15-18-7-11-21(31)12-8-18)27(33)30(26)16-24(28-25)20-9-13-22(32)14-10-20/h2-14,23,29,31-32H,1,15-16H2. The number of rotatable bonds is 5. The smallest absolute Gasteiger partial charge is 0.251 e. The Labute approximate surface area is 191 Å². The van der Waals surface area contributed by atoms with Crippen LogP contribution < -0.4 is 5.32 Å². The van der Waals surface area contributed by atoms with Crippen molar-refractivity contribution in [1.82, 2.24) is 10.2 Å². The minimum Gasteiger partial charge on any atom is -0.508 e. The average molecular weight is 437 g/mol. The molecule has 2 aliphatic rings. The molecule has 3 N–H and O–H groups in total. The second-order valence-electron chi connectivity index (χ2n) is 8.14. The van der Waals surface area contributed by atoms with Gasteiger partial charge in [0.1, 0.15) is 29.1 Å². The number of carbonyl (C=O) groups is 1. The highest BCUT2D eigenvalue weighted by Gasteiger charge is 2.40. The van der Waals surface area contributed by atoms with Gasteiger partial charge in [-0.2, -0.15) is 0 Å². The van der Waals surface area contributed by atoms with Gasteiger partial charge >= 0.3 is 0 Å². The fraction of sp³-hybridized carbons (Fsp3) is 0.111. The zero-order valence-corrected chi connectivity index (χ0v) is 17.9. The van der Waals surface area contributed by atoms with Crippen LogP contribution in [0.1, 0.15) is 16.7 Å². The Kier molecular flexibility index (Phi) is 5.18. The van der Waals surface area contributed by atoms with Gasteiger partial charge in [0.05, 0.1) is 12.3 Å². The highest BCUT2D eigenvalue weighted by molar-refractivity contribution is 6.07. The summed E-state index contributed by atoms with van der Waals surface area (Å²) in [5, 5.41) is 22.6. The van der Waals surface area contributed by atoms with Crippen LogP contribution in [-0.2, 0) is 11.2 Å². The normalized spacial score (nSPS) is 17.5. The van der Waals surface area contributed by atoms with Crippen LogP contribution in [0.5, 0.6) is 11.5 Å². The Morgan fingerprint density at radius 3 is 2.27 bits per heavy atom. The molecule has 0 radical (unpaired) electrons. The third kappa shape index (κ3) is 3.99. The van der Waals surface area contributed by atoms with Gasteiger partial charge in [-0.25, -0.2) is 4.99 Å². The van der Waals surface area contributed by atoms with Gasteiger partial charge in [-0.05, 0) is 53.1 Å². The van der Waals surface area contributed by atoms with Gasteiger partial charge in [0.2, 0.25) is 0 Å². The van der Waals surface area contributed by atoms with Crippen LogP contribution >= 0.6 is 0 Å². The van der Waals surface area contributed by atoms with Gasteiger partial charge in [-0.3, -0.25) is 9.69 Å². The SMILES string of the molecule is C=C(C1=C2NC(Cc3ccc(O)cc3)C(=O)N2CC(c2ccc(O)cc2)=N1)c1ccccc1. The number of benzene rings is 3. The quantitative estimate of drug-likeness (QED) is 0.566. The first-order chi connectivity index (χ1) is 16.0. The van der Waals surface area contributed by atoms with Crippen LogP contribution in [0, 0.1) is 0 Å². The molecule has 3 aromatic rings. The number of hydrogen-bond acceptors (Lipinski definition) is 5. The molecule has 1 amide bonds. The zero-order chi connectivity index (χ0) is 22.9. The van der Waals surface area contributed by atoms with Crippen molar-refractivity contribution in [2.24, 2.45) is 4.99 Å². The number of nitrogens with one attached hydrogen (secondary N) is 1. The first-order valence-electron chi connectivity index (χ1n) is 10.7. The summed E-state index contributed by atoms with van der Waals surface area (Å²) < 4.78 is 0. The number of aliphatic imine (C=N–C) groups is 1. The highest BCUT2D eigenvalue weighted by atomic mass is 16.3. The zero-order valence-electron chi connectivity index (χ0n) is 17.9. The summed E-state index contributed by atoms with van der Waals surface area (Å²) in [5.41, 5.74) is 4.77. The number of amides is 1. The van der Waals surface area contributed by atoms with Gasteiger partial charge in [0.15, 0.2) is 0 Å². The largest absolute Gasteiger partial charge is 0.508 e. The fourth-order valence-corrected chi connectivity index (χ4v) is 4.13. The number of phenolic OH excluding ortho intramolecular Hbond substituents is 2. The van der Waals surface area contributed by atoms with Crippen molar-refractivity contribution < 1.29 is 15.0 Å². The molecule has 2 aliphatic heterocycles. The van der Waals surface area contributed by atoms with E-state index in [0.717, 1.165) is 28.0 Å². The van der Waals surface area contributed by atoms with Crippen molar-refractivity contribution in [2.45, 2.75) is 12.5 Å². The van der Waals surface area contributed by atoms with Gasteiger partial charge < -0.3 is 15.5 Å². The molecule has 6 nitrogen and oxygen atoms in total. The van der Waals surface area contributed by atoms with Crippen LogP contribution in [0.4, 0.5) is 0 Å². The molecule has 164 valence electrons. The van der Waals surface area contributed by atoms with E-state index in [1.165, 1.54) is 0 Å². The molecule has 5 rings (SSSR count). The number of aromatic hydroxyl groups is 2. The van der Waals surface area contributed by atoms with Crippen LogP contribution in [0.3, 0.4) is 0 Å². The van der Waals surface area contributed by atoms with E-state index in [1.54, 1.807) is 41.3 Å². The highest BCUT2D eigenvalue weighted by Crippen LogP contribution is 2.33. The second kappa shape index (κ2) is 8.31. The maximum absolute atomic E-state index is 13.4. The Balaban J connectivity index is 1.53. The van der Waals surface area contributed by atoms with Gasteiger partial charge in [-0.15, -0.1) is 0 Å².